The van der Waals surface area contributed by atoms with Crippen LogP contribution in [0.2, 0.25) is 0 Å². The van der Waals surface area contributed by atoms with Gasteiger partial charge in [-0.2, -0.15) is 4.31 Å². The van der Waals surface area contributed by atoms with Crippen molar-refractivity contribution < 1.29 is 18.0 Å². The maximum Gasteiger partial charge on any atom is 0.243 e. The Morgan fingerprint density at radius 3 is 2.26 bits per heavy atom. The molecule has 166 valence electrons. The molecular weight excluding hydrogens is 414 g/mol. The Labute approximate surface area is 183 Å². The summed E-state index contributed by atoms with van der Waals surface area (Å²) in [5, 5.41) is 5.79. The lowest BCUT2D eigenvalue weighted by atomic mass is 9.97. The van der Waals surface area contributed by atoms with E-state index in [-0.39, 0.29) is 28.5 Å². The van der Waals surface area contributed by atoms with Gasteiger partial charge in [-0.25, -0.2) is 8.42 Å². The largest absolute Gasteiger partial charge is 0.326 e. The van der Waals surface area contributed by atoms with E-state index in [0.717, 1.165) is 5.56 Å². The summed E-state index contributed by atoms with van der Waals surface area (Å²) >= 11 is 0. The van der Waals surface area contributed by atoms with Crippen LogP contribution in [0.1, 0.15) is 32.3 Å². The maximum atomic E-state index is 12.8. The van der Waals surface area contributed by atoms with E-state index in [1.807, 2.05) is 26.8 Å². The highest BCUT2D eigenvalue weighted by atomic mass is 32.2. The number of carbonyl (C=O) groups is 2. The van der Waals surface area contributed by atoms with Crippen LogP contribution in [0.5, 0.6) is 0 Å². The zero-order valence-electron chi connectivity index (χ0n) is 18.1. The molecule has 0 saturated carbocycles. The lowest BCUT2D eigenvalue weighted by Crippen LogP contribution is -2.41. The molecule has 0 aliphatic carbocycles. The molecule has 7 nitrogen and oxygen atoms in total. The summed E-state index contributed by atoms with van der Waals surface area (Å²) in [5.74, 6) is -0.632. The van der Waals surface area contributed by atoms with Crippen LogP contribution in [0, 0.1) is 18.8 Å². The summed E-state index contributed by atoms with van der Waals surface area (Å²) in [6.45, 7) is 6.13. The molecule has 0 unspecified atom stereocenters. The highest BCUT2D eigenvalue weighted by molar-refractivity contribution is 7.89. The third-order valence-electron chi connectivity index (χ3n) is 5.49. The molecule has 1 heterocycles. The number of nitrogens with zero attached hydrogens (tertiary/aromatic N) is 1. The topological polar surface area (TPSA) is 95.6 Å². The number of piperidine rings is 1. The van der Waals surface area contributed by atoms with Gasteiger partial charge in [0.15, 0.2) is 0 Å². The van der Waals surface area contributed by atoms with Crippen LogP contribution < -0.4 is 10.6 Å². The van der Waals surface area contributed by atoms with Crippen molar-refractivity contribution in [2.45, 2.75) is 38.5 Å². The second kappa shape index (κ2) is 9.62. The molecular formula is C23H29N3O4S. The number of aryl methyl sites for hydroxylation is 1. The van der Waals surface area contributed by atoms with Gasteiger partial charge in [-0.3, -0.25) is 9.59 Å². The van der Waals surface area contributed by atoms with E-state index in [4.69, 9.17) is 0 Å². The van der Waals surface area contributed by atoms with Crippen molar-refractivity contribution in [2.24, 2.45) is 11.8 Å². The molecule has 2 aromatic rings. The van der Waals surface area contributed by atoms with Crippen molar-refractivity contribution in [3.05, 3.63) is 54.1 Å². The first kappa shape index (κ1) is 23.0. The Morgan fingerprint density at radius 1 is 1.00 bits per heavy atom. The molecule has 0 aromatic heterocycles. The molecule has 0 atom stereocenters. The summed E-state index contributed by atoms with van der Waals surface area (Å²) in [6, 6.07) is 13.8. The summed E-state index contributed by atoms with van der Waals surface area (Å²) in [4.78, 5) is 25.0. The molecule has 3 rings (SSSR count). The van der Waals surface area contributed by atoms with Crippen LogP contribution in [-0.4, -0.2) is 37.6 Å². The van der Waals surface area contributed by atoms with Crippen molar-refractivity contribution in [3.63, 3.8) is 0 Å². The van der Waals surface area contributed by atoms with Crippen LogP contribution in [0.3, 0.4) is 0 Å². The first-order valence-corrected chi connectivity index (χ1v) is 11.9. The number of benzene rings is 2. The highest BCUT2D eigenvalue weighted by Crippen LogP contribution is 2.26. The number of hydrogen-bond donors (Lipinski definition) is 2. The molecule has 1 saturated heterocycles. The fourth-order valence-corrected chi connectivity index (χ4v) is 4.95. The molecule has 2 aromatic carbocycles. The second-order valence-electron chi connectivity index (χ2n) is 8.15. The zero-order chi connectivity index (χ0) is 22.6. The number of nitrogens with one attached hydrogen (secondary N) is 2. The van der Waals surface area contributed by atoms with Crippen molar-refractivity contribution >= 4 is 33.2 Å². The smallest absolute Gasteiger partial charge is 0.243 e. The minimum Gasteiger partial charge on any atom is -0.326 e. The molecule has 2 N–H and O–H groups in total. The third-order valence-corrected chi connectivity index (χ3v) is 7.41. The summed E-state index contributed by atoms with van der Waals surface area (Å²) in [7, 11) is -3.54. The first-order valence-electron chi connectivity index (χ1n) is 10.5. The van der Waals surface area contributed by atoms with Crippen molar-refractivity contribution in [3.8, 4) is 0 Å². The van der Waals surface area contributed by atoms with Gasteiger partial charge in [-0.05, 0) is 49.6 Å². The average molecular weight is 444 g/mol. The molecule has 1 fully saturated rings. The van der Waals surface area contributed by atoms with E-state index in [0.29, 0.717) is 37.3 Å². The maximum absolute atomic E-state index is 12.8. The first-order chi connectivity index (χ1) is 14.7. The normalized spacial score (nSPS) is 15.6. The van der Waals surface area contributed by atoms with Gasteiger partial charge in [0.2, 0.25) is 21.8 Å². The Bertz CT molecular complexity index is 1040. The predicted octanol–water partition coefficient (Wildman–Crippen LogP) is 3.63. The lowest BCUT2D eigenvalue weighted by Gasteiger charge is -2.30. The number of rotatable bonds is 6. The van der Waals surface area contributed by atoms with Crippen LogP contribution in [0.25, 0.3) is 0 Å². The predicted molar refractivity (Wildman–Crippen MR) is 121 cm³/mol. The Kier molecular flexibility index (Phi) is 7.12. The molecule has 2 amide bonds. The summed E-state index contributed by atoms with van der Waals surface area (Å²) in [6.07, 6.45) is 0.918. The number of carbonyl (C=O) groups excluding carboxylic acids is 2. The molecule has 0 spiro atoms. The Balaban J connectivity index is 1.62. The third kappa shape index (κ3) is 5.51. The monoisotopic (exact) mass is 443 g/mol. The average Bonchev–Trinajstić information content (AvgIpc) is 2.76. The zero-order valence-corrected chi connectivity index (χ0v) is 18.9. The summed E-state index contributed by atoms with van der Waals surface area (Å²) in [5.41, 5.74) is 2.16. The van der Waals surface area contributed by atoms with Crippen LogP contribution in [0.4, 0.5) is 11.4 Å². The van der Waals surface area contributed by atoms with Gasteiger partial charge in [0.05, 0.1) is 4.90 Å². The Morgan fingerprint density at radius 2 is 1.65 bits per heavy atom. The molecule has 0 radical (unpaired) electrons. The van der Waals surface area contributed by atoms with E-state index in [1.54, 1.807) is 42.5 Å². The lowest BCUT2D eigenvalue weighted by molar-refractivity contribution is -0.121. The van der Waals surface area contributed by atoms with Crippen LogP contribution >= 0.6 is 0 Å². The van der Waals surface area contributed by atoms with Gasteiger partial charge in [0.1, 0.15) is 0 Å². The van der Waals surface area contributed by atoms with E-state index in [9.17, 15) is 18.0 Å². The fraction of sp³-hybridized carbons (Fsp3) is 0.391. The van der Waals surface area contributed by atoms with Crippen LogP contribution in [-0.2, 0) is 19.6 Å². The minimum absolute atomic E-state index is 0.0897. The molecule has 31 heavy (non-hydrogen) atoms. The number of anilines is 2. The molecule has 1 aliphatic heterocycles. The van der Waals surface area contributed by atoms with Crippen molar-refractivity contribution in [2.75, 3.05) is 23.7 Å². The highest BCUT2D eigenvalue weighted by Gasteiger charge is 2.32. The molecule has 8 heteroatoms. The second-order valence-corrected chi connectivity index (χ2v) is 10.1. The standard InChI is InChI=1S/C23H29N3O4S/c1-16(2)22(27)24-19-10-9-17(3)21(15-19)25-23(28)18-11-13-26(14-12-18)31(29,30)20-7-5-4-6-8-20/h4-10,15-16,18H,11-14H2,1-3H3,(H,24,27)(H,25,28). The van der Waals surface area contributed by atoms with E-state index in [2.05, 4.69) is 10.6 Å². The van der Waals surface area contributed by atoms with Gasteiger partial charge < -0.3 is 10.6 Å². The SMILES string of the molecule is Cc1ccc(NC(=O)C(C)C)cc1NC(=O)C1CCN(S(=O)(=O)c2ccccc2)CC1. The van der Waals surface area contributed by atoms with Gasteiger partial charge in [-0.15, -0.1) is 0 Å². The summed E-state index contributed by atoms with van der Waals surface area (Å²) < 4.78 is 27.0. The van der Waals surface area contributed by atoms with Crippen molar-refractivity contribution in [1.29, 1.82) is 0 Å². The quantitative estimate of drug-likeness (QED) is 0.713. The van der Waals surface area contributed by atoms with E-state index in [1.165, 1.54) is 4.31 Å². The van der Waals surface area contributed by atoms with Crippen LogP contribution in [0.15, 0.2) is 53.4 Å². The number of amides is 2. The number of sulfonamides is 1. The Hall–Kier alpha value is -2.71. The van der Waals surface area contributed by atoms with E-state index < -0.39 is 10.0 Å². The fourth-order valence-electron chi connectivity index (χ4n) is 3.46. The van der Waals surface area contributed by atoms with Gasteiger partial charge in [0, 0.05) is 36.3 Å². The van der Waals surface area contributed by atoms with Gasteiger partial charge >= 0.3 is 0 Å². The van der Waals surface area contributed by atoms with Crippen molar-refractivity contribution in [1.82, 2.24) is 4.31 Å². The molecule has 1 aliphatic rings. The molecule has 0 bridgehead atoms. The van der Waals surface area contributed by atoms with E-state index >= 15 is 0 Å². The van der Waals surface area contributed by atoms with Gasteiger partial charge in [-0.1, -0.05) is 38.1 Å². The number of hydrogen-bond acceptors (Lipinski definition) is 4. The minimum atomic E-state index is -3.54. The van der Waals surface area contributed by atoms with Gasteiger partial charge in [0.25, 0.3) is 0 Å².